The fourth-order valence-electron chi connectivity index (χ4n) is 3.80. The van der Waals surface area contributed by atoms with Crippen molar-refractivity contribution < 1.29 is 32.2 Å². The average molecular weight is 575 g/mol. The molecule has 0 amide bonds. The molecule has 35 heavy (non-hydrogen) atoms. The van der Waals surface area contributed by atoms with Crippen LogP contribution in [-0.2, 0) is 26.0 Å². The second-order valence-electron chi connectivity index (χ2n) is 7.84. The van der Waals surface area contributed by atoms with E-state index in [1.54, 1.807) is 23.1 Å². The van der Waals surface area contributed by atoms with Crippen LogP contribution >= 0.6 is 46.7 Å². The fraction of sp³-hybridized carbons (Fsp3) is 0.318. The number of hydrogen-bond acceptors (Lipinski definition) is 10. The second kappa shape index (κ2) is 11.8. The van der Waals surface area contributed by atoms with Crippen molar-refractivity contribution in [3.8, 4) is 0 Å². The minimum Gasteiger partial charge on any atom is -0.748 e. The SMILES string of the molecule is Cc1ccc2c(c1)N(CCCSOOO)C(=Cc1sc3ccc(Cl)cc3[n+]1CCCS(=O)(=O)[O-])S2. The summed E-state index contributed by atoms with van der Waals surface area (Å²) in [5.74, 6) is 0.206. The number of aromatic nitrogens is 1. The molecule has 188 valence electrons. The highest BCUT2D eigenvalue weighted by atomic mass is 35.5. The van der Waals surface area contributed by atoms with Crippen LogP contribution in [0.25, 0.3) is 16.3 Å². The van der Waals surface area contributed by atoms with Crippen LogP contribution in [0, 0.1) is 6.92 Å². The summed E-state index contributed by atoms with van der Waals surface area (Å²) in [6.45, 7) is 3.16. The molecule has 0 unspecified atom stereocenters. The predicted octanol–water partition coefficient (Wildman–Crippen LogP) is 5.46. The largest absolute Gasteiger partial charge is 0.748 e. The van der Waals surface area contributed by atoms with E-state index in [0.717, 1.165) is 61.4 Å². The van der Waals surface area contributed by atoms with Gasteiger partial charge in [0.25, 0.3) is 5.01 Å². The van der Waals surface area contributed by atoms with Crippen molar-refractivity contribution in [1.29, 1.82) is 0 Å². The van der Waals surface area contributed by atoms with E-state index in [0.29, 0.717) is 17.3 Å². The highest BCUT2D eigenvalue weighted by molar-refractivity contribution is 8.04. The van der Waals surface area contributed by atoms with Crippen LogP contribution in [0.1, 0.15) is 23.4 Å². The smallest absolute Gasteiger partial charge is 0.265 e. The van der Waals surface area contributed by atoms with Gasteiger partial charge in [-0.15, -0.1) is 4.33 Å². The van der Waals surface area contributed by atoms with Crippen LogP contribution < -0.4 is 9.47 Å². The van der Waals surface area contributed by atoms with Gasteiger partial charge in [0.1, 0.15) is 4.70 Å². The van der Waals surface area contributed by atoms with E-state index in [4.69, 9.17) is 16.9 Å². The molecule has 0 radical (unpaired) electrons. The molecule has 0 spiro atoms. The van der Waals surface area contributed by atoms with Gasteiger partial charge in [-0.3, -0.25) is 0 Å². The number of thiazole rings is 1. The van der Waals surface area contributed by atoms with Crippen LogP contribution in [0.5, 0.6) is 0 Å². The Labute approximate surface area is 221 Å². The number of aryl methyl sites for hydroxylation is 2. The standard InChI is InChI=1S/C22H23ClN2O6S4/c1-15-4-6-19-17(12-15)24(8-2-10-32-31-30-26)21(33-19)14-22-25(9-3-11-35(27,28)29)18-13-16(23)5-7-20(18)34-22/h4-7,12-14H,2-3,8-11H2,1H3,(H-,26,27,28,29). The zero-order valence-electron chi connectivity index (χ0n) is 18.7. The van der Waals surface area contributed by atoms with Crippen molar-refractivity contribution >= 4 is 78.8 Å². The summed E-state index contributed by atoms with van der Waals surface area (Å²) in [6, 6.07) is 12.0. The molecule has 2 heterocycles. The highest BCUT2D eigenvalue weighted by Gasteiger charge is 2.28. The Hall–Kier alpha value is -1.35. The van der Waals surface area contributed by atoms with Gasteiger partial charge in [-0.25, -0.2) is 13.7 Å². The Morgan fingerprint density at radius 3 is 2.86 bits per heavy atom. The number of nitrogens with zero attached hydrogens (tertiary/aromatic N) is 2. The van der Waals surface area contributed by atoms with Crippen LogP contribution in [0.3, 0.4) is 0 Å². The lowest BCUT2D eigenvalue weighted by Crippen LogP contribution is -2.36. The van der Waals surface area contributed by atoms with E-state index in [-0.39, 0.29) is 6.42 Å². The van der Waals surface area contributed by atoms with Gasteiger partial charge in [0.15, 0.2) is 6.54 Å². The maximum absolute atomic E-state index is 11.2. The van der Waals surface area contributed by atoms with E-state index >= 15 is 0 Å². The molecule has 0 saturated heterocycles. The molecule has 8 nitrogen and oxygen atoms in total. The number of benzene rings is 2. The van der Waals surface area contributed by atoms with E-state index in [1.807, 2.05) is 22.8 Å². The summed E-state index contributed by atoms with van der Waals surface area (Å²) in [5, 5.41) is 14.5. The summed E-state index contributed by atoms with van der Waals surface area (Å²) in [6.07, 6.45) is 3.10. The third kappa shape index (κ3) is 6.90. The normalized spacial score (nSPS) is 14.9. The van der Waals surface area contributed by atoms with Gasteiger partial charge < -0.3 is 9.45 Å². The Bertz CT molecular complexity index is 1350. The monoisotopic (exact) mass is 574 g/mol. The van der Waals surface area contributed by atoms with Crippen LogP contribution in [0.4, 0.5) is 5.69 Å². The van der Waals surface area contributed by atoms with E-state index in [2.05, 4.69) is 45.5 Å². The minimum absolute atomic E-state index is 0.214. The first-order valence-electron chi connectivity index (χ1n) is 10.7. The van der Waals surface area contributed by atoms with Gasteiger partial charge >= 0.3 is 0 Å². The number of thioether (sulfide) groups is 1. The molecule has 4 rings (SSSR count). The molecule has 1 N–H and O–H groups in total. The number of rotatable bonds is 11. The van der Waals surface area contributed by atoms with Gasteiger partial charge in [0.05, 0.1) is 26.9 Å². The molecule has 0 atom stereocenters. The van der Waals surface area contributed by atoms with Crippen molar-refractivity contribution in [3.63, 3.8) is 0 Å². The second-order valence-corrected chi connectivity index (χ2v) is 12.7. The minimum atomic E-state index is -4.29. The summed E-state index contributed by atoms with van der Waals surface area (Å²) in [4.78, 5) is 3.40. The summed E-state index contributed by atoms with van der Waals surface area (Å²) >= 11 is 10.5. The maximum atomic E-state index is 11.2. The van der Waals surface area contributed by atoms with E-state index < -0.39 is 15.9 Å². The number of anilines is 1. The highest BCUT2D eigenvalue weighted by Crippen LogP contribution is 2.47. The predicted molar refractivity (Wildman–Crippen MR) is 140 cm³/mol. The molecule has 1 aliphatic heterocycles. The summed E-state index contributed by atoms with van der Waals surface area (Å²) < 4.78 is 41.0. The Morgan fingerprint density at radius 1 is 1.26 bits per heavy atom. The first-order chi connectivity index (χ1) is 16.7. The van der Waals surface area contributed by atoms with Gasteiger partial charge in [-0.2, -0.15) is 4.57 Å². The van der Waals surface area contributed by atoms with Gasteiger partial charge in [0.2, 0.25) is 5.52 Å². The first kappa shape index (κ1) is 26.7. The molecule has 0 bridgehead atoms. The molecule has 0 saturated carbocycles. The Balaban J connectivity index is 1.68. The number of fused-ring (bicyclic) bond motifs is 2. The summed E-state index contributed by atoms with van der Waals surface area (Å²) in [7, 11) is -4.29. The Morgan fingerprint density at radius 2 is 2.09 bits per heavy atom. The zero-order valence-corrected chi connectivity index (χ0v) is 22.7. The fourth-order valence-corrected chi connectivity index (χ4v) is 7.10. The average Bonchev–Trinajstić information content (AvgIpc) is 3.30. The quantitative estimate of drug-likeness (QED) is 0.0798. The van der Waals surface area contributed by atoms with Gasteiger partial charge in [0, 0.05) is 52.5 Å². The molecule has 0 aliphatic carbocycles. The molecule has 13 heteroatoms. The maximum Gasteiger partial charge on any atom is 0.265 e. The lowest BCUT2D eigenvalue weighted by atomic mass is 10.2. The van der Waals surface area contributed by atoms with Crippen LogP contribution in [-0.4, -0.2) is 36.3 Å². The van der Waals surface area contributed by atoms with Crippen LogP contribution in [0.15, 0.2) is 46.3 Å². The number of halogens is 1. The third-order valence-electron chi connectivity index (χ3n) is 5.29. The Kier molecular flexibility index (Phi) is 9.00. The molecule has 1 aliphatic rings. The van der Waals surface area contributed by atoms with E-state index in [9.17, 15) is 13.0 Å². The van der Waals surface area contributed by atoms with Crippen molar-refractivity contribution in [2.45, 2.75) is 31.2 Å². The molecular weight excluding hydrogens is 552 g/mol. The molecule has 2 aromatic carbocycles. The van der Waals surface area contributed by atoms with Gasteiger partial charge in [-0.1, -0.05) is 45.8 Å². The van der Waals surface area contributed by atoms with Crippen molar-refractivity contribution in [1.82, 2.24) is 0 Å². The topological polar surface area (TPSA) is 103 Å². The molecule has 0 fully saturated rings. The van der Waals surface area contributed by atoms with Crippen LogP contribution in [0.2, 0.25) is 5.02 Å². The lowest BCUT2D eigenvalue weighted by Gasteiger charge is -2.20. The lowest BCUT2D eigenvalue weighted by molar-refractivity contribution is -0.668. The zero-order chi connectivity index (χ0) is 25.0. The molecule has 1 aromatic heterocycles. The van der Waals surface area contributed by atoms with Crippen molar-refractivity contribution in [3.05, 3.63) is 57.0 Å². The van der Waals surface area contributed by atoms with Crippen molar-refractivity contribution in [2.75, 3.05) is 23.0 Å². The van der Waals surface area contributed by atoms with E-state index in [1.165, 1.54) is 0 Å². The molecular formula is C22H23ClN2O6S4. The molecule has 3 aromatic rings. The van der Waals surface area contributed by atoms with Crippen molar-refractivity contribution in [2.24, 2.45) is 0 Å². The first-order valence-corrected chi connectivity index (χ1v) is 15.2. The number of hydrogen-bond donors (Lipinski definition) is 1. The summed E-state index contributed by atoms with van der Waals surface area (Å²) in [5.41, 5.74) is 3.18. The van der Waals surface area contributed by atoms with Gasteiger partial charge in [-0.05, 0) is 43.2 Å². The third-order valence-corrected chi connectivity index (χ3v) is 9.15.